The Kier molecular flexibility index (Phi) is 6.33. The highest BCUT2D eigenvalue weighted by Gasteiger charge is 2.30. The van der Waals surface area contributed by atoms with Crippen LogP contribution in [0.4, 0.5) is 18.9 Å². The van der Waals surface area contributed by atoms with Crippen molar-refractivity contribution in [1.29, 1.82) is 0 Å². The molecule has 0 saturated heterocycles. The molecule has 0 heterocycles. The highest BCUT2D eigenvalue weighted by Crippen LogP contribution is 2.33. The normalized spacial score (nSPS) is 11.3. The van der Waals surface area contributed by atoms with Crippen LogP contribution in [0, 0.1) is 0 Å². The molecule has 7 heteroatoms. The van der Waals surface area contributed by atoms with Crippen LogP contribution in [-0.2, 0) is 11.0 Å². The highest BCUT2D eigenvalue weighted by atomic mass is 35.5. The predicted molar refractivity (Wildman–Crippen MR) is 77.5 cm³/mol. The van der Waals surface area contributed by atoms with Gasteiger partial charge in [0.1, 0.15) is 0 Å². The Morgan fingerprint density at radius 1 is 1.29 bits per heavy atom. The average Bonchev–Trinajstić information content (AvgIpc) is 2.41. The maximum absolute atomic E-state index is 12.6. The topological polar surface area (TPSA) is 32.3 Å². The Hall–Kier alpha value is -1.43. The Morgan fingerprint density at radius 2 is 1.90 bits per heavy atom. The first-order chi connectivity index (χ1) is 9.79. The molecule has 0 aliphatic heterocycles. The molecule has 0 atom stereocenters. The fourth-order valence-electron chi connectivity index (χ4n) is 1.88. The summed E-state index contributed by atoms with van der Waals surface area (Å²) >= 11 is 5.85. The zero-order valence-electron chi connectivity index (χ0n) is 11.9. The van der Waals surface area contributed by atoms with Gasteiger partial charge in [-0.1, -0.05) is 11.6 Å². The number of carbonyl (C=O) groups excluding carboxylic acids is 1. The number of benzene rings is 1. The average molecular weight is 323 g/mol. The summed E-state index contributed by atoms with van der Waals surface area (Å²) in [5, 5.41) is 2.97. The zero-order valence-corrected chi connectivity index (χ0v) is 12.7. The number of hydrogen-bond donors (Lipinski definition) is 1. The lowest BCUT2D eigenvalue weighted by molar-refractivity contribution is -0.137. The molecule has 0 saturated carbocycles. The lowest BCUT2D eigenvalue weighted by Crippen LogP contribution is -2.31. The van der Waals surface area contributed by atoms with Crippen LogP contribution in [0.15, 0.2) is 18.2 Å². The van der Waals surface area contributed by atoms with Gasteiger partial charge in [0.15, 0.2) is 0 Å². The van der Waals surface area contributed by atoms with Gasteiger partial charge >= 0.3 is 6.18 Å². The molecule has 0 radical (unpaired) electrons. The molecule has 0 spiro atoms. The van der Waals surface area contributed by atoms with E-state index in [2.05, 4.69) is 5.32 Å². The Balaban J connectivity index is 2.65. The summed E-state index contributed by atoms with van der Waals surface area (Å²) < 4.78 is 37.8. The molecule has 0 unspecified atom stereocenters. The third-order valence-electron chi connectivity index (χ3n) is 3.06. The third-order valence-corrected chi connectivity index (χ3v) is 3.39. The number of amides is 1. The monoisotopic (exact) mass is 322 g/mol. The summed E-state index contributed by atoms with van der Waals surface area (Å²) in [4.78, 5) is 13.4. The summed E-state index contributed by atoms with van der Waals surface area (Å²) in [6.07, 6.45) is -4.22. The van der Waals surface area contributed by atoms with Crippen LogP contribution in [0.1, 0.15) is 25.8 Å². The lowest BCUT2D eigenvalue weighted by Gasteiger charge is -2.19. The number of alkyl halides is 3. The summed E-state index contributed by atoms with van der Waals surface area (Å²) in [5.41, 5.74) is -0.594. The van der Waals surface area contributed by atoms with Crippen molar-refractivity contribution in [3.63, 3.8) is 0 Å². The number of nitrogens with zero attached hydrogens (tertiary/aromatic N) is 1. The second kappa shape index (κ2) is 7.54. The molecule has 0 bridgehead atoms. The van der Waals surface area contributed by atoms with E-state index >= 15 is 0 Å². The van der Waals surface area contributed by atoms with Crippen molar-refractivity contribution in [2.24, 2.45) is 0 Å². The molecular weight excluding hydrogens is 305 g/mol. The highest BCUT2D eigenvalue weighted by molar-refractivity contribution is 6.33. The van der Waals surface area contributed by atoms with Gasteiger partial charge in [-0.25, -0.2) is 0 Å². The van der Waals surface area contributed by atoms with Crippen molar-refractivity contribution in [2.75, 3.05) is 25.0 Å². The molecule has 0 aliphatic carbocycles. The molecule has 0 aromatic heterocycles. The number of halogens is 4. The van der Waals surface area contributed by atoms with Crippen molar-refractivity contribution in [3.8, 4) is 0 Å². The molecule has 1 rings (SSSR count). The number of carbonyl (C=O) groups is 1. The maximum atomic E-state index is 12.6. The van der Waals surface area contributed by atoms with Crippen LogP contribution < -0.4 is 5.32 Å². The van der Waals surface area contributed by atoms with Gasteiger partial charge in [0, 0.05) is 26.1 Å². The summed E-state index contributed by atoms with van der Waals surface area (Å²) in [6.45, 7) is 5.20. The van der Waals surface area contributed by atoms with Gasteiger partial charge in [0.25, 0.3) is 0 Å². The number of anilines is 1. The predicted octanol–water partition coefficient (Wildman–Crippen LogP) is 4.03. The van der Waals surface area contributed by atoms with E-state index in [1.54, 1.807) is 4.90 Å². The van der Waals surface area contributed by atoms with E-state index in [-0.39, 0.29) is 29.6 Å². The van der Waals surface area contributed by atoms with Crippen molar-refractivity contribution in [1.82, 2.24) is 4.90 Å². The summed E-state index contributed by atoms with van der Waals surface area (Å²) in [5.74, 6) is -0.0457. The molecule has 1 amide bonds. The van der Waals surface area contributed by atoms with E-state index in [0.29, 0.717) is 13.1 Å². The molecule has 1 N–H and O–H groups in total. The van der Waals surface area contributed by atoms with E-state index in [9.17, 15) is 18.0 Å². The first-order valence-electron chi connectivity index (χ1n) is 6.68. The lowest BCUT2D eigenvalue weighted by atomic mass is 10.2. The molecular formula is C14H18ClF3N2O. The van der Waals surface area contributed by atoms with Crippen LogP contribution in [0.25, 0.3) is 0 Å². The van der Waals surface area contributed by atoms with Gasteiger partial charge in [0.05, 0.1) is 16.3 Å². The fourth-order valence-corrected chi connectivity index (χ4v) is 2.06. The van der Waals surface area contributed by atoms with Gasteiger partial charge in [0.2, 0.25) is 5.91 Å². The second-order valence-corrected chi connectivity index (χ2v) is 4.84. The van der Waals surface area contributed by atoms with Crippen LogP contribution in [0.5, 0.6) is 0 Å². The van der Waals surface area contributed by atoms with Crippen molar-refractivity contribution in [2.45, 2.75) is 26.4 Å². The van der Waals surface area contributed by atoms with E-state index in [1.165, 1.54) is 6.07 Å². The summed E-state index contributed by atoms with van der Waals surface area (Å²) in [7, 11) is 0. The first-order valence-corrected chi connectivity index (χ1v) is 7.05. The standard InChI is InChI=1S/C14H18ClF3N2O/c1-3-20(4-2)13(21)7-8-19-12-9-10(14(16,17)18)5-6-11(12)15/h5-6,9,19H,3-4,7-8H2,1-2H3. The maximum Gasteiger partial charge on any atom is 0.416 e. The molecule has 21 heavy (non-hydrogen) atoms. The van der Waals surface area contributed by atoms with Crippen LogP contribution in [0.2, 0.25) is 5.02 Å². The Morgan fingerprint density at radius 3 is 2.43 bits per heavy atom. The largest absolute Gasteiger partial charge is 0.416 e. The van der Waals surface area contributed by atoms with Gasteiger partial charge in [-0.2, -0.15) is 13.2 Å². The van der Waals surface area contributed by atoms with Gasteiger partial charge in [-0.3, -0.25) is 4.79 Å². The number of nitrogens with one attached hydrogen (secondary N) is 1. The SMILES string of the molecule is CCN(CC)C(=O)CCNc1cc(C(F)(F)F)ccc1Cl. The van der Waals surface area contributed by atoms with Gasteiger partial charge < -0.3 is 10.2 Å². The minimum Gasteiger partial charge on any atom is -0.383 e. The Bertz CT molecular complexity index is 488. The smallest absolute Gasteiger partial charge is 0.383 e. The van der Waals surface area contributed by atoms with Gasteiger partial charge in [-0.05, 0) is 32.0 Å². The molecule has 1 aromatic carbocycles. The zero-order chi connectivity index (χ0) is 16.0. The van der Waals surface area contributed by atoms with Crippen molar-refractivity contribution < 1.29 is 18.0 Å². The van der Waals surface area contributed by atoms with E-state index in [0.717, 1.165) is 12.1 Å². The summed E-state index contributed by atoms with van der Waals surface area (Å²) in [6, 6.07) is 3.07. The van der Waals surface area contributed by atoms with Crippen LogP contribution in [0.3, 0.4) is 0 Å². The number of rotatable bonds is 6. The van der Waals surface area contributed by atoms with E-state index < -0.39 is 11.7 Å². The van der Waals surface area contributed by atoms with Crippen molar-refractivity contribution >= 4 is 23.2 Å². The molecule has 0 aliphatic rings. The minimum absolute atomic E-state index is 0.0457. The fraction of sp³-hybridized carbons (Fsp3) is 0.500. The van der Waals surface area contributed by atoms with Gasteiger partial charge in [-0.15, -0.1) is 0 Å². The van der Waals surface area contributed by atoms with E-state index in [4.69, 9.17) is 11.6 Å². The van der Waals surface area contributed by atoms with Crippen LogP contribution in [-0.4, -0.2) is 30.4 Å². The second-order valence-electron chi connectivity index (χ2n) is 4.44. The first kappa shape index (κ1) is 17.6. The Labute approximate surface area is 127 Å². The van der Waals surface area contributed by atoms with E-state index in [1.807, 2.05) is 13.8 Å². The molecule has 1 aromatic rings. The molecule has 3 nitrogen and oxygen atoms in total. The number of hydrogen-bond acceptors (Lipinski definition) is 2. The third kappa shape index (κ3) is 5.12. The van der Waals surface area contributed by atoms with Crippen molar-refractivity contribution in [3.05, 3.63) is 28.8 Å². The minimum atomic E-state index is -4.42. The van der Waals surface area contributed by atoms with Crippen LogP contribution >= 0.6 is 11.6 Å². The molecule has 118 valence electrons. The molecule has 0 fully saturated rings. The quantitative estimate of drug-likeness (QED) is 0.857.